The fraction of sp³-hybridized carbons (Fsp3) is 0.143. The van der Waals surface area contributed by atoms with Crippen molar-refractivity contribution in [3.05, 3.63) is 63.6 Å². The van der Waals surface area contributed by atoms with Crippen LogP contribution in [-0.2, 0) is 22.4 Å². The molecule has 4 nitrogen and oxygen atoms in total. The Morgan fingerprint density at radius 2 is 1.62 bits per heavy atom. The summed E-state index contributed by atoms with van der Waals surface area (Å²) >= 11 is 11.8. The predicted octanol–water partition coefficient (Wildman–Crippen LogP) is 3.43. The highest BCUT2D eigenvalue weighted by Crippen LogP contribution is 2.26. The van der Waals surface area contributed by atoms with Crippen molar-refractivity contribution in [2.45, 2.75) is 12.4 Å². The number of rotatable bonds is 5. The topological polar surface area (TPSA) is 66.4 Å². The molecule has 0 spiro atoms. The highest BCUT2D eigenvalue weighted by molar-refractivity contribution is 7.91. The van der Waals surface area contributed by atoms with E-state index in [1.54, 1.807) is 30.3 Å². The van der Waals surface area contributed by atoms with Crippen LogP contribution < -0.4 is 4.72 Å². The standard InChI is InChI=1S/C14H13Cl2NO3S/c15-12-5-6-13(16)14(7-12)17-21(19,20)9-11-3-1-10(8-18)2-4-11/h1-7,17-18H,8-9H2. The lowest BCUT2D eigenvalue weighted by atomic mass is 10.2. The summed E-state index contributed by atoms with van der Waals surface area (Å²) in [6, 6.07) is 11.2. The Bertz CT molecular complexity index is 730. The van der Waals surface area contributed by atoms with E-state index in [1.807, 2.05) is 0 Å². The third-order valence-electron chi connectivity index (χ3n) is 2.76. The molecule has 2 aromatic carbocycles. The molecule has 0 saturated carbocycles. The third kappa shape index (κ3) is 4.61. The Kier molecular flexibility index (Phi) is 5.11. The van der Waals surface area contributed by atoms with Gasteiger partial charge in [-0.3, -0.25) is 4.72 Å². The molecule has 0 saturated heterocycles. The Labute approximate surface area is 133 Å². The molecule has 7 heteroatoms. The number of anilines is 1. The summed E-state index contributed by atoms with van der Waals surface area (Å²) in [5.74, 6) is -0.193. The molecule has 2 rings (SSSR count). The molecule has 0 aliphatic rings. The van der Waals surface area contributed by atoms with E-state index in [0.717, 1.165) is 5.56 Å². The molecule has 0 radical (unpaired) electrons. The van der Waals surface area contributed by atoms with E-state index in [0.29, 0.717) is 10.6 Å². The summed E-state index contributed by atoms with van der Waals surface area (Å²) in [5.41, 5.74) is 1.58. The summed E-state index contributed by atoms with van der Waals surface area (Å²) in [6.45, 7) is -0.0800. The zero-order valence-corrected chi connectivity index (χ0v) is 13.2. The van der Waals surface area contributed by atoms with Crippen LogP contribution in [0.2, 0.25) is 10.0 Å². The highest BCUT2D eigenvalue weighted by Gasteiger charge is 2.14. The Morgan fingerprint density at radius 3 is 2.24 bits per heavy atom. The van der Waals surface area contributed by atoms with Crippen LogP contribution >= 0.6 is 23.2 Å². The monoisotopic (exact) mass is 345 g/mol. The lowest BCUT2D eigenvalue weighted by molar-refractivity contribution is 0.282. The summed E-state index contributed by atoms with van der Waals surface area (Å²) < 4.78 is 26.7. The third-order valence-corrected chi connectivity index (χ3v) is 4.57. The van der Waals surface area contributed by atoms with E-state index < -0.39 is 10.0 Å². The molecule has 0 aliphatic heterocycles. The van der Waals surface area contributed by atoms with Crippen LogP contribution in [0.5, 0.6) is 0 Å². The van der Waals surface area contributed by atoms with Crippen LogP contribution in [0.3, 0.4) is 0 Å². The first-order valence-electron chi connectivity index (χ1n) is 6.04. The van der Waals surface area contributed by atoms with Crippen molar-refractivity contribution in [2.75, 3.05) is 4.72 Å². The van der Waals surface area contributed by atoms with Crippen molar-refractivity contribution < 1.29 is 13.5 Å². The molecule has 0 aromatic heterocycles. The average Bonchev–Trinajstić information content (AvgIpc) is 2.43. The summed E-state index contributed by atoms with van der Waals surface area (Å²) in [7, 11) is -3.60. The first-order chi connectivity index (χ1) is 9.89. The number of hydrogen-bond acceptors (Lipinski definition) is 3. The van der Waals surface area contributed by atoms with E-state index in [1.165, 1.54) is 12.1 Å². The first kappa shape index (κ1) is 16.1. The van der Waals surface area contributed by atoms with Crippen LogP contribution in [0, 0.1) is 0 Å². The van der Waals surface area contributed by atoms with Crippen molar-refractivity contribution in [3.63, 3.8) is 0 Å². The lowest BCUT2D eigenvalue weighted by Gasteiger charge is -2.10. The molecular formula is C14H13Cl2NO3S. The van der Waals surface area contributed by atoms with E-state index >= 15 is 0 Å². The van der Waals surface area contributed by atoms with Gasteiger partial charge in [-0.2, -0.15) is 0 Å². The molecule has 0 atom stereocenters. The maximum Gasteiger partial charge on any atom is 0.236 e. The lowest BCUT2D eigenvalue weighted by Crippen LogP contribution is -2.15. The molecule has 2 aromatic rings. The fourth-order valence-electron chi connectivity index (χ4n) is 1.74. The van der Waals surface area contributed by atoms with Gasteiger partial charge in [-0.15, -0.1) is 0 Å². The van der Waals surface area contributed by atoms with Gasteiger partial charge < -0.3 is 5.11 Å². The van der Waals surface area contributed by atoms with E-state index in [2.05, 4.69) is 4.72 Å². The van der Waals surface area contributed by atoms with Gasteiger partial charge in [0.2, 0.25) is 10.0 Å². The second kappa shape index (κ2) is 6.66. The second-order valence-corrected chi connectivity index (χ2v) is 7.03. The van der Waals surface area contributed by atoms with Crippen LogP contribution in [0.1, 0.15) is 11.1 Å². The Morgan fingerprint density at radius 1 is 1.00 bits per heavy atom. The van der Waals surface area contributed by atoms with Crippen molar-refractivity contribution in [1.82, 2.24) is 0 Å². The smallest absolute Gasteiger partial charge is 0.236 e. The molecular weight excluding hydrogens is 333 g/mol. The van der Waals surface area contributed by atoms with Gasteiger partial charge in [-0.25, -0.2) is 8.42 Å². The van der Waals surface area contributed by atoms with Crippen molar-refractivity contribution >= 4 is 38.9 Å². The first-order valence-corrected chi connectivity index (χ1v) is 8.45. The number of aliphatic hydroxyl groups is 1. The van der Waals surface area contributed by atoms with Gasteiger partial charge in [0.05, 0.1) is 23.1 Å². The van der Waals surface area contributed by atoms with Gasteiger partial charge in [0.15, 0.2) is 0 Å². The van der Waals surface area contributed by atoms with Crippen molar-refractivity contribution in [1.29, 1.82) is 0 Å². The normalized spacial score (nSPS) is 11.4. The van der Waals surface area contributed by atoms with Gasteiger partial charge in [-0.1, -0.05) is 47.5 Å². The number of benzene rings is 2. The quantitative estimate of drug-likeness (QED) is 0.872. The van der Waals surface area contributed by atoms with E-state index in [4.69, 9.17) is 28.3 Å². The molecule has 0 unspecified atom stereocenters. The number of aliphatic hydroxyl groups excluding tert-OH is 1. The molecule has 0 fully saturated rings. The zero-order chi connectivity index (χ0) is 15.5. The molecule has 0 aliphatic carbocycles. The minimum absolute atomic E-state index is 0.0800. The fourth-order valence-corrected chi connectivity index (χ4v) is 3.34. The summed E-state index contributed by atoms with van der Waals surface area (Å²) in [4.78, 5) is 0. The predicted molar refractivity (Wildman–Crippen MR) is 85.1 cm³/mol. The van der Waals surface area contributed by atoms with Crippen LogP contribution in [0.4, 0.5) is 5.69 Å². The maximum atomic E-state index is 12.1. The number of sulfonamides is 1. The zero-order valence-electron chi connectivity index (χ0n) is 10.9. The molecule has 0 amide bonds. The van der Waals surface area contributed by atoms with Crippen LogP contribution in [-0.4, -0.2) is 13.5 Å². The molecule has 0 heterocycles. The van der Waals surface area contributed by atoms with Crippen LogP contribution in [0.15, 0.2) is 42.5 Å². The number of halogens is 2. The Hall–Kier alpha value is -1.27. The molecule has 112 valence electrons. The summed E-state index contributed by atoms with van der Waals surface area (Å²) in [6.07, 6.45) is 0. The molecule has 0 bridgehead atoms. The average molecular weight is 346 g/mol. The number of hydrogen-bond donors (Lipinski definition) is 2. The minimum Gasteiger partial charge on any atom is -0.392 e. The maximum absolute atomic E-state index is 12.1. The molecule has 2 N–H and O–H groups in total. The largest absolute Gasteiger partial charge is 0.392 e. The van der Waals surface area contributed by atoms with E-state index in [-0.39, 0.29) is 23.1 Å². The van der Waals surface area contributed by atoms with Crippen molar-refractivity contribution in [3.8, 4) is 0 Å². The highest BCUT2D eigenvalue weighted by atomic mass is 35.5. The molecule has 21 heavy (non-hydrogen) atoms. The van der Waals surface area contributed by atoms with Gasteiger partial charge >= 0.3 is 0 Å². The SMILES string of the molecule is O=S(=O)(Cc1ccc(CO)cc1)Nc1cc(Cl)ccc1Cl. The second-order valence-electron chi connectivity index (χ2n) is 4.46. The van der Waals surface area contributed by atoms with E-state index in [9.17, 15) is 8.42 Å². The minimum atomic E-state index is -3.60. The van der Waals surface area contributed by atoms with Gasteiger partial charge in [-0.05, 0) is 29.3 Å². The van der Waals surface area contributed by atoms with Crippen LogP contribution in [0.25, 0.3) is 0 Å². The van der Waals surface area contributed by atoms with Gasteiger partial charge in [0.1, 0.15) is 0 Å². The Balaban J connectivity index is 2.16. The summed E-state index contributed by atoms with van der Waals surface area (Å²) in [5, 5.41) is 9.62. The van der Waals surface area contributed by atoms with Gasteiger partial charge in [0, 0.05) is 5.02 Å². The van der Waals surface area contributed by atoms with Gasteiger partial charge in [0.25, 0.3) is 0 Å². The van der Waals surface area contributed by atoms with Crippen molar-refractivity contribution in [2.24, 2.45) is 0 Å². The number of nitrogens with one attached hydrogen (secondary N) is 1.